The van der Waals surface area contributed by atoms with Crippen LogP contribution in [-0.2, 0) is 11.2 Å². The predicted octanol–water partition coefficient (Wildman–Crippen LogP) is 5.03. The molecule has 0 unspecified atom stereocenters. The van der Waals surface area contributed by atoms with Crippen LogP contribution < -0.4 is 9.47 Å². The molecule has 0 aliphatic rings. The van der Waals surface area contributed by atoms with Gasteiger partial charge in [0.25, 0.3) is 0 Å². The maximum absolute atomic E-state index is 11.9. The SMILES string of the molecule is CCOc1ccc(Br)cc1/C=C/C(=O)Oc1ccc(CC)cc1. The molecule has 0 saturated heterocycles. The average molecular weight is 375 g/mol. The Balaban J connectivity index is 2.06. The van der Waals surface area contributed by atoms with E-state index in [1.165, 1.54) is 11.6 Å². The summed E-state index contributed by atoms with van der Waals surface area (Å²) in [6, 6.07) is 13.2. The van der Waals surface area contributed by atoms with E-state index in [2.05, 4.69) is 22.9 Å². The van der Waals surface area contributed by atoms with Crippen molar-refractivity contribution in [3.8, 4) is 11.5 Å². The number of halogens is 1. The molecule has 3 nitrogen and oxygen atoms in total. The smallest absolute Gasteiger partial charge is 0.336 e. The van der Waals surface area contributed by atoms with Gasteiger partial charge in [0.2, 0.25) is 0 Å². The fraction of sp³-hybridized carbons (Fsp3) is 0.211. The van der Waals surface area contributed by atoms with Gasteiger partial charge in [-0.2, -0.15) is 0 Å². The van der Waals surface area contributed by atoms with E-state index in [1.807, 2.05) is 37.3 Å². The standard InChI is InChI=1S/C19H19BrO3/c1-3-14-5-9-17(10-6-14)23-19(21)12-7-15-13-16(20)8-11-18(15)22-4-2/h5-13H,3-4H2,1-2H3/b12-7+. The van der Waals surface area contributed by atoms with Crippen LogP contribution in [0.3, 0.4) is 0 Å². The van der Waals surface area contributed by atoms with Crippen molar-refractivity contribution in [1.82, 2.24) is 0 Å². The molecule has 2 aromatic carbocycles. The third-order valence-corrected chi connectivity index (χ3v) is 3.71. The van der Waals surface area contributed by atoms with Crippen LogP contribution in [0.5, 0.6) is 11.5 Å². The summed E-state index contributed by atoms with van der Waals surface area (Å²) in [5, 5.41) is 0. The molecule has 0 heterocycles. The molecule has 0 bridgehead atoms. The van der Waals surface area contributed by atoms with Crippen LogP contribution in [0.15, 0.2) is 53.0 Å². The number of hydrogen-bond acceptors (Lipinski definition) is 3. The predicted molar refractivity (Wildman–Crippen MR) is 95.8 cm³/mol. The van der Waals surface area contributed by atoms with Crippen molar-refractivity contribution < 1.29 is 14.3 Å². The molecule has 0 radical (unpaired) electrons. The first-order chi connectivity index (χ1) is 11.1. The van der Waals surface area contributed by atoms with Gasteiger partial charge in [-0.05, 0) is 55.3 Å². The fourth-order valence-electron chi connectivity index (χ4n) is 2.04. The molecule has 0 spiro atoms. The Morgan fingerprint density at radius 1 is 1.13 bits per heavy atom. The third kappa shape index (κ3) is 5.25. The van der Waals surface area contributed by atoms with Crippen LogP contribution >= 0.6 is 15.9 Å². The van der Waals surface area contributed by atoms with Gasteiger partial charge in [-0.1, -0.05) is 35.0 Å². The van der Waals surface area contributed by atoms with E-state index in [1.54, 1.807) is 18.2 Å². The zero-order chi connectivity index (χ0) is 16.7. The quantitative estimate of drug-likeness (QED) is 0.404. The number of ether oxygens (including phenoxy) is 2. The first-order valence-electron chi connectivity index (χ1n) is 7.53. The van der Waals surface area contributed by atoms with E-state index < -0.39 is 5.97 Å². The number of rotatable bonds is 6. The van der Waals surface area contributed by atoms with Crippen molar-refractivity contribution in [3.05, 3.63) is 64.1 Å². The van der Waals surface area contributed by atoms with Gasteiger partial charge in [-0.25, -0.2) is 4.79 Å². The van der Waals surface area contributed by atoms with Crippen LogP contribution in [0.25, 0.3) is 6.08 Å². The van der Waals surface area contributed by atoms with E-state index in [4.69, 9.17) is 9.47 Å². The van der Waals surface area contributed by atoms with Gasteiger partial charge < -0.3 is 9.47 Å². The maximum Gasteiger partial charge on any atom is 0.336 e. The van der Waals surface area contributed by atoms with Gasteiger partial charge in [0.05, 0.1) is 6.61 Å². The summed E-state index contributed by atoms with van der Waals surface area (Å²) in [5.41, 5.74) is 2.02. The molecule has 23 heavy (non-hydrogen) atoms. The zero-order valence-electron chi connectivity index (χ0n) is 13.2. The Morgan fingerprint density at radius 2 is 1.87 bits per heavy atom. The molecular weight excluding hydrogens is 356 g/mol. The molecule has 120 valence electrons. The van der Waals surface area contributed by atoms with E-state index in [9.17, 15) is 4.79 Å². The lowest BCUT2D eigenvalue weighted by molar-refractivity contribution is -0.128. The maximum atomic E-state index is 11.9. The van der Waals surface area contributed by atoms with Gasteiger partial charge in [0.15, 0.2) is 0 Å². The number of esters is 1. The largest absolute Gasteiger partial charge is 0.493 e. The molecule has 0 N–H and O–H groups in total. The molecule has 0 atom stereocenters. The Labute approximate surface area is 145 Å². The van der Waals surface area contributed by atoms with Gasteiger partial charge in [0.1, 0.15) is 11.5 Å². The van der Waals surface area contributed by atoms with E-state index in [0.717, 1.165) is 22.2 Å². The third-order valence-electron chi connectivity index (χ3n) is 3.22. The van der Waals surface area contributed by atoms with Crippen molar-refractivity contribution in [1.29, 1.82) is 0 Å². The normalized spacial score (nSPS) is 10.7. The highest BCUT2D eigenvalue weighted by molar-refractivity contribution is 9.10. The second-order valence-electron chi connectivity index (χ2n) is 4.87. The summed E-state index contributed by atoms with van der Waals surface area (Å²) in [4.78, 5) is 11.9. The molecule has 2 rings (SSSR count). The van der Waals surface area contributed by atoms with Gasteiger partial charge in [-0.15, -0.1) is 0 Å². The number of carbonyl (C=O) groups excluding carboxylic acids is 1. The molecule has 0 aromatic heterocycles. The Bertz CT molecular complexity index is 690. The van der Waals surface area contributed by atoms with Crippen molar-refractivity contribution in [2.45, 2.75) is 20.3 Å². The van der Waals surface area contributed by atoms with Crippen LogP contribution in [0.2, 0.25) is 0 Å². The highest BCUT2D eigenvalue weighted by atomic mass is 79.9. The molecule has 0 aliphatic carbocycles. The van der Waals surface area contributed by atoms with Gasteiger partial charge in [0, 0.05) is 16.1 Å². The summed E-state index contributed by atoms with van der Waals surface area (Å²) >= 11 is 3.42. The second-order valence-corrected chi connectivity index (χ2v) is 5.78. The Hall–Kier alpha value is -2.07. The van der Waals surface area contributed by atoms with Crippen molar-refractivity contribution in [3.63, 3.8) is 0 Å². The van der Waals surface area contributed by atoms with Gasteiger partial charge in [-0.3, -0.25) is 0 Å². The van der Waals surface area contributed by atoms with E-state index in [0.29, 0.717) is 12.4 Å². The lowest BCUT2D eigenvalue weighted by atomic mass is 10.2. The van der Waals surface area contributed by atoms with Crippen LogP contribution in [0.4, 0.5) is 0 Å². The Kier molecular flexibility index (Phi) is 6.41. The summed E-state index contributed by atoms with van der Waals surface area (Å²) in [7, 11) is 0. The molecule has 0 amide bonds. The highest BCUT2D eigenvalue weighted by Crippen LogP contribution is 2.24. The zero-order valence-corrected chi connectivity index (χ0v) is 14.8. The lowest BCUT2D eigenvalue weighted by Crippen LogP contribution is -2.03. The minimum Gasteiger partial charge on any atom is -0.493 e. The van der Waals surface area contributed by atoms with Crippen LogP contribution in [0, 0.1) is 0 Å². The summed E-state index contributed by atoms with van der Waals surface area (Å²) in [5.74, 6) is 0.847. The molecule has 0 saturated carbocycles. The molecular formula is C19H19BrO3. The second kappa shape index (κ2) is 8.53. The summed E-state index contributed by atoms with van der Waals surface area (Å²) in [6.07, 6.45) is 4.05. The lowest BCUT2D eigenvalue weighted by Gasteiger charge is -2.07. The molecule has 2 aromatic rings. The molecule has 0 fully saturated rings. The monoisotopic (exact) mass is 374 g/mol. The first kappa shape index (κ1) is 17.3. The van der Waals surface area contributed by atoms with E-state index in [-0.39, 0.29) is 0 Å². The first-order valence-corrected chi connectivity index (χ1v) is 8.33. The van der Waals surface area contributed by atoms with Crippen molar-refractivity contribution in [2.75, 3.05) is 6.61 Å². The number of hydrogen-bond donors (Lipinski definition) is 0. The van der Waals surface area contributed by atoms with E-state index >= 15 is 0 Å². The highest BCUT2D eigenvalue weighted by Gasteiger charge is 2.04. The minimum atomic E-state index is -0.420. The fourth-order valence-corrected chi connectivity index (χ4v) is 2.42. The molecule has 0 aliphatic heterocycles. The average Bonchev–Trinajstić information content (AvgIpc) is 2.56. The van der Waals surface area contributed by atoms with Crippen molar-refractivity contribution in [2.24, 2.45) is 0 Å². The molecule has 4 heteroatoms. The topological polar surface area (TPSA) is 35.5 Å². The van der Waals surface area contributed by atoms with Crippen LogP contribution in [0.1, 0.15) is 25.0 Å². The number of carbonyl (C=O) groups is 1. The number of aryl methyl sites for hydroxylation is 1. The van der Waals surface area contributed by atoms with Gasteiger partial charge >= 0.3 is 5.97 Å². The minimum absolute atomic E-state index is 0.420. The Morgan fingerprint density at radius 3 is 2.52 bits per heavy atom. The van der Waals surface area contributed by atoms with Crippen LogP contribution in [-0.4, -0.2) is 12.6 Å². The van der Waals surface area contributed by atoms with Crippen molar-refractivity contribution >= 4 is 28.0 Å². The summed E-state index contributed by atoms with van der Waals surface area (Å²) < 4.78 is 11.8. The summed E-state index contributed by atoms with van der Waals surface area (Å²) in [6.45, 7) is 4.57. The number of benzene rings is 2.